The molecule has 0 bridgehead atoms. The molecule has 1 atom stereocenters. The zero-order valence-electron chi connectivity index (χ0n) is 15.9. The molecule has 1 saturated heterocycles. The summed E-state index contributed by atoms with van der Waals surface area (Å²) in [6.45, 7) is 2.00. The van der Waals surface area contributed by atoms with E-state index < -0.39 is 0 Å². The number of hydrogen-bond acceptors (Lipinski definition) is 4. The molecular weight excluding hydrogens is 380 g/mol. The molecule has 1 heterocycles. The minimum Gasteiger partial charge on any atom is -0.507 e. The third-order valence-corrected chi connectivity index (χ3v) is 5.69. The third kappa shape index (κ3) is 4.10. The average molecular weight is 401 g/mol. The van der Waals surface area contributed by atoms with Gasteiger partial charge in [0.2, 0.25) is 0 Å². The Morgan fingerprint density at radius 3 is 2.24 bits per heavy atom. The van der Waals surface area contributed by atoms with Gasteiger partial charge in [-0.05, 0) is 48.5 Å². The molecule has 4 nitrogen and oxygen atoms in total. The minimum absolute atomic E-state index is 0.121. The lowest BCUT2D eigenvalue weighted by Crippen LogP contribution is -2.32. The lowest BCUT2D eigenvalue weighted by Gasteiger charge is -2.24. The van der Waals surface area contributed by atoms with Crippen LogP contribution in [0.1, 0.15) is 24.1 Å². The van der Waals surface area contributed by atoms with Crippen molar-refractivity contribution in [3.05, 3.63) is 101 Å². The van der Waals surface area contributed by atoms with E-state index in [1.807, 2.05) is 73.7 Å². The number of amidine groups is 1. The summed E-state index contributed by atoms with van der Waals surface area (Å²) in [5.41, 5.74) is 2.43. The molecule has 0 aliphatic carbocycles. The Bertz CT molecular complexity index is 1080. The van der Waals surface area contributed by atoms with Crippen molar-refractivity contribution in [1.29, 1.82) is 0 Å². The molecule has 0 saturated carbocycles. The molecule has 0 spiro atoms. The summed E-state index contributed by atoms with van der Waals surface area (Å²) >= 11 is 1.32. The maximum absolute atomic E-state index is 13.3. The van der Waals surface area contributed by atoms with Gasteiger partial charge in [-0.1, -0.05) is 66.7 Å². The van der Waals surface area contributed by atoms with Gasteiger partial charge in [-0.25, -0.2) is 4.99 Å². The molecular formula is C24H20N2O2S. The van der Waals surface area contributed by atoms with E-state index in [0.29, 0.717) is 15.6 Å². The minimum atomic E-state index is -0.172. The number of aliphatic imine (C=N–C) groups is 1. The van der Waals surface area contributed by atoms with Crippen LogP contribution in [-0.4, -0.2) is 21.1 Å². The number of phenolic OH excluding ortho intramolecular Hbond substituents is 1. The fraction of sp³-hybridized carbons (Fsp3) is 0.0833. The Hall–Kier alpha value is -3.31. The summed E-state index contributed by atoms with van der Waals surface area (Å²) < 4.78 is 0. The topological polar surface area (TPSA) is 52.9 Å². The Morgan fingerprint density at radius 1 is 0.931 bits per heavy atom. The number of rotatable bonds is 4. The van der Waals surface area contributed by atoms with Crippen molar-refractivity contribution in [2.75, 3.05) is 0 Å². The molecule has 1 aliphatic rings. The molecule has 1 fully saturated rings. The third-order valence-electron chi connectivity index (χ3n) is 4.71. The van der Waals surface area contributed by atoms with Crippen molar-refractivity contribution in [2.45, 2.75) is 13.0 Å². The number of benzene rings is 3. The monoisotopic (exact) mass is 400 g/mol. The van der Waals surface area contributed by atoms with Gasteiger partial charge in [-0.15, -0.1) is 0 Å². The van der Waals surface area contributed by atoms with Crippen molar-refractivity contribution < 1.29 is 9.90 Å². The van der Waals surface area contributed by atoms with Crippen LogP contribution in [0.15, 0.2) is 94.8 Å². The standard InChI is InChI=1S/C24H20N2O2S/c1-17(18-10-4-2-5-11-18)26-23(28)22(16-19-12-8-9-15-21(19)27)29-24(26)25-20-13-6-3-7-14-20/h2-17,27H,1H3/b22-16+,25-24?/t17-/m0/s1. The van der Waals surface area contributed by atoms with Crippen LogP contribution in [0.4, 0.5) is 5.69 Å². The fourth-order valence-electron chi connectivity index (χ4n) is 3.15. The maximum Gasteiger partial charge on any atom is 0.267 e. The summed E-state index contributed by atoms with van der Waals surface area (Å²) in [6.07, 6.45) is 1.72. The van der Waals surface area contributed by atoms with E-state index in [9.17, 15) is 9.90 Å². The van der Waals surface area contributed by atoms with E-state index in [4.69, 9.17) is 4.99 Å². The number of nitrogens with zero attached hydrogens (tertiary/aromatic N) is 2. The molecule has 144 valence electrons. The van der Waals surface area contributed by atoms with Gasteiger partial charge >= 0.3 is 0 Å². The van der Waals surface area contributed by atoms with Crippen LogP contribution in [0.2, 0.25) is 0 Å². The van der Waals surface area contributed by atoms with Gasteiger partial charge < -0.3 is 5.11 Å². The molecule has 29 heavy (non-hydrogen) atoms. The number of amides is 1. The van der Waals surface area contributed by atoms with Crippen molar-refractivity contribution in [3.8, 4) is 5.75 Å². The van der Waals surface area contributed by atoms with E-state index in [2.05, 4.69) is 0 Å². The van der Waals surface area contributed by atoms with Gasteiger partial charge in [0.15, 0.2) is 5.17 Å². The molecule has 1 amide bonds. The van der Waals surface area contributed by atoms with E-state index in [1.165, 1.54) is 11.8 Å². The summed E-state index contributed by atoms with van der Waals surface area (Å²) in [5.74, 6) is 0.0220. The van der Waals surface area contributed by atoms with E-state index in [0.717, 1.165) is 11.3 Å². The van der Waals surface area contributed by atoms with Crippen molar-refractivity contribution in [1.82, 2.24) is 4.90 Å². The first kappa shape index (κ1) is 19.0. The highest BCUT2D eigenvalue weighted by Gasteiger charge is 2.37. The van der Waals surface area contributed by atoms with Gasteiger partial charge in [0.25, 0.3) is 5.91 Å². The summed E-state index contributed by atoms with van der Waals surface area (Å²) in [7, 11) is 0. The Balaban J connectivity index is 1.76. The zero-order chi connectivity index (χ0) is 20.2. The second-order valence-electron chi connectivity index (χ2n) is 6.66. The number of carbonyl (C=O) groups excluding carboxylic acids is 1. The lowest BCUT2D eigenvalue weighted by molar-refractivity contribution is -0.123. The highest BCUT2D eigenvalue weighted by atomic mass is 32.2. The number of aromatic hydroxyl groups is 1. The first-order valence-corrected chi connectivity index (χ1v) is 10.1. The highest BCUT2D eigenvalue weighted by molar-refractivity contribution is 8.18. The quantitative estimate of drug-likeness (QED) is 0.567. The fourth-order valence-corrected chi connectivity index (χ4v) is 4.21. The highest BCUT2D eigenvalue weighted by Crippen LogP contribution is 2.39. The lowest BCUT2D eigenvalue weighted by atomic mass is 10.1. The van der Waals surface area contributed by atoms with Crippen molar-refractivity contribution in [2.24, 2.45) is 4.99 Å². The Morgan fingerprint density at radius 2 is 1.55 bits per heavy atom. The largest absolute Gasteiger partial charge is 0.507 e. The number of hydrogen-bond donors (Lipinski definition) is 1. The van der Waals surface area contributed by atoms with Gasteiger partial charge in [0.1, 0.15) is 5.75 Å². The van der Waals surface area contributed by atoms with Crippen LogP contribution < -0.4 is 0 Å². The molecule has 5 heteroatoms. The molecule has 0 unspecified atom stereocenters. The van der Waals surface area contributed by atoms with E-state index in [-0.39, 0.29) is 17.7 Å². The molecule has 1 aliphatic heterocycles. The molecule has 1 N–H and O–H groups in total. The van der Waals surface area contributed by atoms with Crippen LogP contribution in [-0.2, 0) is 4.79 Å². The van der Waals surface area contributed by atoms with E-state index in [1.54, 1.807) is 29.2 Å². The molecule has 4 rings (SSSR count). The molecule has 0 aromatic heterocycles. The number of thioether (sulfide) groups is 1. The number of carbonyl (C=O) groups is 1. The Labute approximate surface area is 174 Å². The summed E-state index contributed by atoms with van der Waals surface area (Å²) in [5, 5.41) is 10.7. The van der Waals surface area contributed by atoms with Crippen LogP contribution in [0.3, 0.4) is 0 Å². The average Bonchev–Trinajstić information content (AvgIpc) is 3.05. The van der Waals surface area contributed by atoms with Crippen LogP contribution in [0.5, 0.6) is 5.75 Å². The predicted octanol–water partition coefficient (Wildman–Crippen LogP) is 5.76. The number of para-hydroxylation sites is 2. The second-order valence-corrected chi connectivity index (χ2v) is 7.67. The normalized spacial score (nSPS) is 17.8. The smallest absolute Gasteiger partial charge is 0.267 e. The van der Waals surface area contributed by atoms with E-state index >= 15 is 0 Å². The van der Waals surface area contributed by atoms with Crippen molar-refractivity contribution >= 4 is 34.6 Å². The number of phenols is 1. The van der Waals surface area contributed by atoms with Gasteiger partial charge in [0, 0.05) is 5.56 Å². The van der Waals surface area contributed by atoms with Gasteiger partial charge in [0.05, 0.1) is 16.6 Å². The predicted molar refractivity (Wildman–Crippen MR) is 119 cm³/mol. The second kappa shape index (κ2) is 8.37. The molecule has 3 aromatic carbocycles. The van der Waals surface area contributed by atoms with Crippen LogP contribution in [0.25, 0.3) is 6.08 Å². The first-order valence-electron chi connectivity index (χ1n) is 9.33. The Kier molecular flexibility index (Phi) is 5.49. The summed E-state index contributed by atoms with van der Waals surface area (Å²) in [4.78, 5) is 20.3. The van der Waals surface area contributed by atoms with Gasteiger partial charge in [-0.2, -0.15) is 0 Å². The molecule has 3 aromatic rings. The maximum atomic E-state index is 13.3. The zero-order valence-corrected chi connectivity index (χ0v) is 16.7. The first-order chi connectivity index (χ1) is 14.1. The van der Waals surface area contributed by atoms with Crippen LogP contribution in [0, 0.1) is 0 Å². The van der Waals surface area contributed by atoms with Crippen LogP contribution >= 0.6 is 11.8 Å². The summed E-state index contributed by atoms with van der Waals surface area (Å²) in [6, 6.07) is 26.3. The van der Waals surface area contributed by atoms with Gasteiger partial charge in [-0.3, -0.25) is 9.69 Å². The molecule has 0 radical (unpaired) electrons. The SMILES string of the molecule is C[C@@H](c1ccccc1)N1C(=O)/C(=C\c2ccccc2O)SC1=Nc1ccccc1. The van der Waals surface area contributed by atoms with Crippen molar-refractivity contribution in [3.63, 3.8) is 0 Å².